The molecule has 3 aliphatic rings. The lowest BCUT2D eigenvalue weighted by atomic mass is 9.75. The number of anilines is 1. The van der Waals surface area contributed by atoms with E-state index in [2.05, 4.69) is 5.32 Å². The number of halogens is 1. The maximum Gasteiger partial charge on any atom is 0.311 e. The number of carboxylic acid groups (broad SMARTS) is 1. The van der Waals surface area contributed by atoms with Crippen molar-refractivity contribution in [3.63, 3.8) is 0 Å². The van der Waals surface area contributed by atoms with E-state index in [1.165, 1.54) is 24.3 Å². The molecule has 37 heavy (non-hydrogen) atoms. The van der Waals surface area contributed by atoms with E-state index in [0.717, 1.165) is 0 Å². The van der Waals surface area contributed by atoms with Gasteiger partial charge in [0, 0.05) is 27.9 Å². The molecule has 0 saturated carbocycles. The molecule has 1 aliphatic carbocycles. The van der Waals surface area contributed by atoms with Crippen LogP contribution in [0.15, 0.2) is 66.7 Å². The van der Waals surface area contributed by atoms with E-state index in [9.17, 15) is 24.3 Å². The van der Waals surface area contributed by atoms with E-state index >= 15 is 0 Å². The third kappa shape index (κ3) is 3.42. The van der Waals surface area contributed by atoms with Gasteiger partial charge in [-0.3, -0.25) is 19.2 Å². The zero-order valence-electron chi connectivity index (χ0n) is 19.0. The Kier molecular flexibility index (Phi) is 5.29. The lowest BCUT2D eigenvalue weighted by molar-refractivity contribution is -0.147. The summed E-state index contributed by atoms with van der Waals surface area (Å²) in [5.41, 5.74) is -1.62. The number of hydrogen-bond donors (Lipinski definition) is 2. The maximum absolute atomic E-state index is 13.7. The normalized spacial score (nSPS) is 22.8. The first kappa shape index (κ1) is 23.2. The first-order valence-corrected chi connectivity index (χ1v) is 11.7. The molecule has 2 aliphatic heterocycles. The summed E-state index contributed by atoms with van der Waals surface area (Å²) in [6.07, 6.45) is -1.25. The van der Waals surface area contributed by atoms with Crippen LogP contribution in [-0.4, -0.2) is 40.9 Å². The predicted octanol–water partition coefficient (Wildman–Crippen LogP) is 3.91. The molecule has 0 radical (unpaired) electrons. The molecule has 1 spiro atoms. The van der Waals surface area contributed by atoms with Gasteiger partial charge in [-0.2, -0.15) is 0 Å². The number of nitrogens with one attached hydrogen (secondary N) is 1. The second kappa shape index (κ2) is 8.43. The summed E-state index contributed by atoms with van der Waals surface area (Å²) in [6, 6.07) is 17.1. The Labute approximate surface area is 214 Å². The van der Waals surface area contributed by atoms with Crippen LogP contribution in [0.25, 0.3) is 0 Å². The summed E-state index contributed by atoms with van der Waals surface area (Å²) in [5, 5.41) is 13.4. The van der Waals surface area contributed by atoms with E-state index in [0.29, 0.717) is 27.8 Å². The molecule has 0 unspecified atom stereocenters. The highest BCUT2D eigenvalue weighted by Crippen LogP contribution is 2.54. The van der Waals surface area contributed by atoms with Gasteiger partial charge in [0.2, 0.25) is 29.9 Å². The molecule has 10 heteroatoms. The first-order valence-electron chi connectivity index (χ1n) is 11.4. The molecule has 1 amide bonds. The van der Waals surface area contributed by atoms with Crippen molar-refractivity contribution in [3.8, 4) is 11.5 Å². The van der Waals surface area contributed by atoms with Crippen LogP contribution in [0.1, 0.15) is 32.4 Å². The molecule has 3 atom stereocenters. The standard InChI is InChI=1S/C27H18ClNO8/c28-14-5-3-4-13(10-14)22-20(25(32)29-15-8-9-18-19(11-15)36-12-35-18)21(26(33)34)27(37-22)23(30)16-6-1-2-7-17(16)24(27)31/h1-11,20-22H,12H2,(H,29,32)(H,33,34)/t20-,21-,22-/m1/s1. The van der Waals surface area contributed by atoms with Gasteiger partial charge in [-0.05, 0) is 29.8 Å². The highest BCUT2D eigenvalue weighted by atomic mass is 35.5. The fraction of sp³-hybridized carbons (Fsp3) is 0.185. The second-order valence-corrected chi connectivity index (χ2v) is 9.37. The van der Waals surface area contributed by atoms with Crippen LogP contribution in [0.4, 0.5) is 5.69 Å². The number of carboxylic acids is 1. The smallest absolute Gasteiger partial charge is 0.311 e. The average molecular weight is 520 g/mol. The molecule has 1 saturated heterocycles. The highest BCUT2D eigenvalue weighted by Gasteiger charge is 2.71. The van der Waals surface area contributed by atoms with Crippen molar-refractivity contribution in [1.29, 1.82) is 0 Å². The van der Waals surface area contributed by atoms with Crippen molar-refractivity contribution in [2.45, 2.75) is 11.7 Å². The Balaban J connectivity index is 1.46. The summed E-state index contributed by atoms with van der Waals surface area (Å²) in [4.78, 5) is 53.8. The molecule has 1 fully saturated rings. The molecule has 0 bridgehead atoms. The number of aliphatic carboxylic acids is 1. The van der Waals surface area contributed by atoms with Crippen LogP contribution in [0.2, 0.25) is 5.02 Å². The Morgan fingerprint density at radius 1 is 0.919 bits per heavy atom. The van der Waals surface area contributed by atoms with E-state index in [-0.39, 0.29) is 17.9 Å². The largest absolute Gasteiger partial charge is 0.481 e. The van der Waals surface area contributed by atoms with Crippen molar-refractivity contribution in [2.24, 2.45) is 11.8 Å². The van der Waals surface area contributed by atoms with Crippen LogP contribution in [0, 0.1) is 11.8 Å². The van der Waals surface area contributed by atoms with E-state index in [4.69, 9.17) is 25.8 Å². The van der Waals surface area contributed by atoms with Crippen LogP contribution in [0.3, 0.4) is 0 Å². The number of ketones is 2. The molecule has 9 nitrogen and oxygen atoms in total. The zero-order valence-corrected chi connectivity index (χ0v) is 19.7. The molecule has 186 valence electrons. The number of carbonyl (C=O) groups is 4. The van der Waals surface area contributed by atoms with Gasteiger partial charge in [-0.25, -0.2) is 0 Å². The Morgan fingerprint density at radius 3 is 2.30 bits per heavy atom. The molecule has 3 aromatic carbocycles. The van der Waals surface area contributed by atoms with Gasteiger partial charge < -0.3 is 24.6 Å². The molecule has 6 rings (SSSR count). The summed E-state index contributed by atoms with van der Waals surface area (Å²) < 4.78 is 16.8. The lowest BCUT2D eigenvalue weighted by Gasteiger charge is -2.25. The fourth-order valence-corrected chi connectivity index (χ4v) is 5.52. The van der Waals surface area contributed by atoms with Crippen molar-refractivity contribution >= 4 is 40.7 Å². The van der Waals surface area contributed by atoms with Gasteiger partial charge in [-0.1, -0.05) is 48.0 Å². The van der Waals surface area contributed by atoms with E-state index in [1.807, 2.05) is 0 Å². The van der Waals surface area contributed by atoms with Crippen molar-refractivity contribution in [2.75, 3.05) is 12.1 Å². The summed E-state index contributed by atoms with van der Waals surface area (Å²) in [6.45, 7) is 0.0361. The number of Topliss-reactive ketones (excluding diaryl/α,β-unsaturated/α-hetero) is 2. The number of hydrogen-bond acceptors (Lipinski definition) is 7. The average Bonchev–Trinajstić information content (AvgIpc) is 3.55. The predicted molar refractivity (Wildman–Crippen MR) is 129 cm³/mol. The second-order valence-electron chi connectivity index (χ2n) is 8.93. The third-order valence-corrected chi connectivity index (χ3v) is 7.15. The third-order valence-electron chi connectivity index (χ3n) is 6.91. The maximum atomic E-state index is 13.7. The van der Waals surface area contributed by atoms with Crippen molar-refractivity contribution < 1.29 is 38.5 Å². The van der Waals surface area contributed by atoms with Gasteiger partial charge in [0.15, 0.2) is 11.5 Å². The van der Waals surface area contributed by atoms with Gasteiger partial charge in [0.05, 0.1) is 12.0 Å². The highest BCUT2D eigenvalue weighted by molar-refractivity contribution is 6.34. The quantitative estimate of drug-likeness (QED) is 0.496. The van der Waals surface area contributed by atoms with Gasteiger partial charge in [0.25, 0.3) is 0 Å². The van der Waals surface area contributed by atoms with Crippen LogP contribution in [0.5, 0.6) is 11.5 Å². The van der Waals surface area contributed by atoms with Crippen LogP contribution >= 0.6 is 11.6 Å². The molecular formula is C27H18ClNO8. The molecule has 0 aromatic heterocycles. The van der Waals surface area contributed by atoms with Gasteiger partial charge in [0.1, 0.15) is 5.92 Å². The monoisotopic (exact) mass is 519 g/mol. The molecule has 2 heterocycles. The summed E-state index contributed by atoms with van der Waals surface area (Å²) in [7, 11) is 0. The number of fused-ring (bicyclic) bond motifs is 2. The summed E-state index contributed by atoms with van der Waals surface area (Å²) in [5.74, 6) is -6.18. The Morgan fingerprint density at radius 2 is 1.62 bits per heavy atom. The van der Waals surface area contributed by atoms with Gasteiger partial charge >= 0.3 is 5.97 Å². The molecular weight excluding hydrogens is 502 g/mol. The minimum absolute atomic E-state index is 0.0361. The van der Waals surface area contributed by atoms with Crippen LogP contribution in [-0.2, 0) is 14.3 Å². The minimum atomic E-state index is -2.40. The fourth-order valence-electron chi connectivity index (χ4n) is 5.32. The van der Waals surface area contributed by atoms with Gasteiger partial charge in [-0.15, -0.1) is 0 Å². The Hall–Kier alpha value is -4.21. The molecule has 2 N–H and O–H groups in total. The molecule has 3 aromatic rings. The van der Waals surface area contributed by atoms with Crippen LogP contribution < -0.4 is 14.8 Å². The number of amides is 1. The lowest BCUT2D eigenvalue weighted by Crippen LogP contribution is -2.52. The minimum Gasteiger partial charge on any atom is -0.481 e. The number of carbonyl (C=O) groups excluding carboxylic acids is 3. The van der Waals surface area contributed by atoms with E-state index < -0.39 is 47.0 Å². The zero-order chi connectivity index (χ0) is 25.9. The summed E-state index contributed by atoms with van der Waals surface area (Å²) >= 11 is 6.18. The number of benzene rings is 3. The van der Waals surface area contributed by atoms with E-state index in [1.54, 1.807) is 42.5 Å². The Bertz CT molecular complexity index is 1470. The number of rotatable bonds is 4. The SMILES string of the molecule is O=C(Nc1ccc2c(c1)OCO2)[C@H]1[C@@H](c2cccc(Cl)c2)OC2(C(=O)c3ccccc3C2=O)[C@H]1C(=O)O. The number of ether oxygens (including phenoxy) is 3. The first-order chi connectivity index (χ1) is 17.8. The topological polar surface area (TPSA) is 128 Å². The van der Waals surface area contributed by atoms with Crippen molar-refractivity contribution in [1.82, 2.24) is 0 Å². The van der Waals surface area contributed by atoms with Crippen molar-refractivity contribution in [3.05, 3.63) is 88.4 Å².